The number of primary sulfonamides is 1. The smallest absolute Gasteiger partial charge is 0.254 e. The quantitative estimate of drug-likeness (QED) is 0.319. The van der Waals surface area contributed by atoms with E-state index in [1.165, 1.54) is 30.6 Å². The maximum Gasteiger partial charge on any atom is 0.254 e. The van der Waals surface area contributed by atoms with Crippen molar-refractivity contribution in [1.29, 1.82) is 0 Å². The van der Waals surface area contributed by atoms with Crippen molar-refractivity contribution in [3.05, 3.63) is 73.9 Å². The van der Waals surface area contributed by atoms with Crippen LogP contribution in [-0.4, -0.2) is 56.5 Å². The molecule has 3 aromatic rings. The van der Waals surface area contributed by atoms with E-state index in [1.54, 1.807) is 31.2 Å². The summed E-state index contributed by atoms with van der Waals surface area (Å²) >= 11 is 7.00. The zero-order valence-corrected chi connectivity index (χ0v) is 23.4. The Kier molecular flexibility index (Phi) is 9.82. The molecule has 204 valence electrons. The van der Waals surface area contributed by atoms with Crippen molar-refractivity contribution >= 4 is 44.7 Å². The second-order valence-electron chi connectivity index (χ2n) is 8.41. The van der Waals surface area contributed by atoms with Gasteiger partial charge >= 0.3 is 0 Å². The fraction of sp³-hybridized carbons (Fsp3) is 0.320. The summed E-state index contributed by atoms with van der Waals surface area (Å²) in [6.07, 6.45) is 0.735. The van der Waals surface area contributed by atoms with Gasteiger partial charge in [-0.1, -0.05) is 23.7 Å². The summed E-state index contributed by atoms with van der Waals surface area (Å²) in [6, 6.07) is 7.96. The van der Waals surface area contributed by atoms with E-state index in [4.69, 9.17) is 26.2 Å². The average molecular weight is 584 g/mol. The summed E-state index contributed by atoms with van der Waals surface area (Å²) in [5.74, 6) is -1.53. The van der Waals surface area contributed by atoms with Crippen LogP contribution in [0.1, 0.15) is 43.4 Å². The number of benzene rings is 2. The number of halogens is 2. The number of carbonyl (C=O) groups excluding carboxylic acids is 2. The summed E-state index contributed by atoms with van der Waals surface area (Å²) in [7, 11) is -1.03. The van der Waals surface area contributed by atoms with Crippen molar-refractivity contribution in [2.75, 3.05) is 26.5 Å². The van der Waals surface area contributed by atoms with Crippen LogP contribution < -0.4 is 14.6 Å². The third-order valence-corrected chi connectivity index (χ3v) is 7.48. The Morgan fingerprint density at radius 3 is 2.45 bits per heavy atom. The van der Waals surface area contributed by atoms with Crippen LogP contribution in [0.2, 0.25) is 5.02 Å². The molecule has 0 aliphatic heterocycles. The van der Waals surface area contributed by atoms with Crippen molar-refractivity contribution in [3.63, 3.8) is 0 Å². The minimum atomic E-state index is -4.01. The molecule has 0 aliphatic carbocycles. The summed E-state index contributed by atoms with van der Waals surface area (Å²) in [5.41, 5.74) is 1.41. The summed E-state index contributed by atoms with van der Waals surface area (Å²) in [5, 5.41) is 6.82. The van der Waals surface area contributed by atoms with Gasteiger partial charge in [0, 0.05) is 23.1 Å². The van der Waals surface area contributed by atoms with E-state index in [2.05, 4.69) is 4.98 Å². The van der Waals surface area contributed by atoms with Crippen LogP contribution in [0, 0.1) is 12.7 Å². The van der Waals surface area contributed by atoms with E-state index < -0.39 is 27.4 Å². The second-order valence-corrected chi connectivity index (χ2v) is 11.4. The highest BCUT2D eigenvalue weighted by Gasteiger charge is 2.23. The van der Waals surface area contributed by atoms with Gasteiger partial charge in [-0.3, -0.25) is 9.59 Å². The maximum atomic E-state index is 14.4. The Labute approximate surface area is 229 Å². The third kappa shape index (κ3) is 7.50. The Balaban J connectivity index is 1.87. The molecule has 1 amide bonds. The second kappa shape index (κ2) is 12.7. The van der Waals surface area contributed by atoms with Gasteiger partial charge in [-0.15, -0.1) is 11.3 Å². The van der Waals surface area contributed by atoms with Crippen LogP contribution in [0.25, 0.3) is 0 Å². The standard InChI is InChI=1S/C25H27ClFN3O6S2/c1-15-21(35-2)10-17(11-22(15)36-3)25(32)30(9-5-7-16-6-4-8-18(26)24(16)27)12-23-29-19(13-37-23)20(31)14-38(28,33)34/h4,6,8,10-11,13H,5,7,9,12,14H2,1-3H3,(H2,28,33,34). The number of aromatic nitrogens is 1. The number of hydrogen-bond acceptors (Lipinski definition) is 8. The molecule has 0 fully saturated rings. The van der Waals surface area contributed by atoms with Gasteiger partial charge < -0.3 is 14.4 Å². The normalized spacial score (nSPS) is 11.3. The summed E-state index contributed by atoms with van der Waals surface area (Å²) in [4.78, 5) is 31.6. The number of rotatable bonds is 12. The Morgan fingerprint density at radius 2 is 1.84 bits per heavy atom. The van der Waals surface area contributed by atoms with Crippen LogP contribution in [-0.2, 0) is 23.0 Å². The van der Waals surface area contributed by atoms with E-state index in [1.807, 2.05) is 0 Å². The molecule has 0 radical (unpaired) electrons. The lowest BCUT2D eigenvalue weighted by Crippen LogP contribution is -2.32. The van der Waals surface area contributed by atoms with Gasteiger partial charge in [-0.05, 0) is 43.5 Å². The third-order valence-electron chi connectivity index (χ3n) is 5.69. The fourth-order valence-corrected chi connectivity index (χ4v) is 5.30. The molecule has 2 N–H and O–H groups in total. The highest BCUT2D eigenvalue weighted by Crippen LogP contribution is 2.30. The molecule has 2 aromatic carbocycles. The van der Waals surface area contributed by atoms with Gasteiger partial charge in [0.15, 0.2) is 5.78 Å². The van der Waals surface area contributed by atoms with Crippen LogP contribution in [0.4, 0.5) is 4.39 Å². The van der Waals surface area contributed by atoms with Crippen LogP contribution in [0.5, 0.6) is 11.5 Å². The first-order chi connectivity index (χ1) is 17.9. The molecular formula is C25H27ClFN3O6S2. The molecule has 0 atom stereocenters. The SMILES string of the molecule is COc1cc(C(=O)N(CCCc2cccc(Cl)c2F)Cc2nc(C(=O)CS(N)(=O)=O)cs2)cc(OC)c1C. The number of hydrogen-bond donors (Lipinski definition) is 1. The number of methoxy groups -OCH3 is 2. The zero-order valence-electron chi connectivity index (χ0n) is 21.0. The molecular weight excluding hydrogens is 557 g/mol. The predicted octanol–water partition coefficient (Wildman–Crippen LogP) is 4.01. The molecule has 13 heteroatoms. The van der Waals surface area contributed by atoms with E-state index in [9.17, 15) is 22.4 Å². The molecule has 0 saturated heterocycles. The van der Waals surface area contributed by atoms with Crippen molar-refractivity contribution in [2.24, 2.45) is 5.14 Å². The summed E-state index contributed by atoms with van der Waals surface area (Å²) in [6.45, 7) is 2.06. The number of carbonyl (C=O) groups is 2. The molecule has 0 spiro atoms. The number of ketones is 1. The number of thiazole rings is 1. The Hall–Kier alpha value is -3.06. The maximum absolute atomic E-state index is 14.4. The van der Waals surface area contributed by atoms with Crippen molar-refractivity contribution in [3.8, 4) is 11.5 Å². The van der Waals surface area contributed by atoms with Gasteiger partial charge in [-0.25, -0.2) is 22.9 Å². The first-order valence-electron chi connectivity index (χ1n) is 11.4. The lowest BCUT2D eigenvalue weighted by molar-refractivity contribution is 0.0740. The van der Waals surface area contributed by atoms with Gasteiger partial charge in [0.1, 0.15) is 33.8 Å². The van der Waals surface area contributed by atoms with Gasteiger partial charge in [0.2, 0.25) is 10.0 Å². The molecule has 9 nitrogen and oxygen atoms in total. The largest absolute Gasteiger partial charge is 0.496 e. The molecule has 0 saturated carbocycles. The topological polar surface area (TPSA) is 129 Å². The molecule has 0 bridgehead atoms. The minimum absolute atomic E-state index is 0.0220. The number of ether oxygens (including phenoxy) is 2. The Bertz CT molecular complexity index is 1420. The van der Waals surface area contributed by atoms with Crippen LogP contribution in [0.3, 0.4) is 0 Å². The first kappa shape index (κ1) is 29.5. The van der Waals surface area contributed by atoms with Gasteiger partial charge in [-0.2, -0.15) is 0 Å². The van der Waals surface area contributed by atoms with E-state index in [0.717, 1.165) is 16.9 Å². The van der Waals surface area contributed by atoms with Crippen LogP contribution >= 0.6 is 22.9 Å². The van der Waals surface area contributed by atoms with E-state index in [-0.39, 0.29) is 29.7 Å². The van der Waals surface area contributed by atoms with E-state index >= 15 is 0 Å². The minimum Gasteiger partial charge on any atom is -0.496 e. The zero-order chi connectivity index (χ0) is 28.0. The summed E-state index contributed by atoms with van der Waals surface area (Å²) < 4.78 is 47.7. The van der Waals surface area contributed by atoms with Crippen molar-refractivity contribution in [2.45, 2.75) is 26.3 Å². The van der Waals surface area contributed by atoms with Crippen LogP contribution in [0.15, 0.2) is 35.7 Å². The number of Topliss-reactive ketones (excluding diaryl/α,β-unsaturated/α-hetero) is 1. The molecule has 3 rings (SSSR count). The highest BCUT2D eigenvalue weighted by molar-refractivity contribution is 7.89. The number of nitrogens with two attached hydrogens (primary N) is 1. The molecule has 38 heavy (non-hydrogen) atoms. The van der Waals surface area contributed by atoms with Crippen molar-refractivity contribution in [1.82, 2.24) is 9.88 Å². The number of nitrogens with zero attached hydrogens (tertiary/aromatic N) is 2. The molecule has 1 aromatic heterocycles. The predicted molar refractivity (Wildman–Crippen MR) is 143 cm³/mol. The van der Waals surface area contributed by atoms with Gasteiger partial charge in [0.05, 0.1) is 25.8 Å². The molecule has 0 aliphatic rings. The van der Waals surface area contributed by atoms with E-state index in [0.29, 0.717) is 40.5 Å². The lowest BCUT2D eigenvalue weighted by atomic mass is 10.1. The first-order valence-corrected chi connectivity index (χ1v) is 14.3. The average Bonchev–Trinajstić information content (AvgIpc) is 3.33. The number of amides is 1. The fourth-order valence-electron chi connectivity index (χ4n) is 3.78. The number of sulfonamides is 1. The van der Waals surface area contributed by atoms with Gasteiger partial charge in [0.25, 0.3) is 5.91 Å². The monoisotopic (exact) mass is 583 g/mol. The Morgan fingerprint density at radius 1 is 1.18 bits per heavy atom. The van der Waals surface area contributed by atoms with Crippen molar-refractivity contribution < 1.29 is 31.9 Å². The molecule has 0 unspecified atom stereocenters. The number of aryl methyl sites for hydroxylation is 1. The highest BCUT2D eigenvalue weighted by atomic mass is 35.5. The molecule has 1 heterocycles. The lowest BCUT2D eigenvalue weighted by Gasteiger charge is -2.23.